The lowest BCUT2D eigenvalue weighted by molar-refractivity contribution is 0.569. The zero-order valence-electron chi connectivity index (χ0n) is 46.6. The summed E-state index contributed by atoms with van der Waals surface area (Å²) in [7, 11) is 0. The molecule has 0 spiro atoms. The highest BCUT2D eigenvalue weighted by molar-refractivity contribution is 6.10. The standard InChI is InChI=1S/C79H65N/c1-77(2,3)59-50-56(51-60(52-59)78(4,5)6)63-43-26-30-55-31-27-44-71(76(55)63)70-42-22-25-47-75(70)80(74-46-24-21-41-69(74)66-39-19-18-38-65(66)64-37-17-16-36-62(64)54-28-10-7-11-29-54)61-48-49-68-67-40-20-23-45-72(67)79(73(68)53-61,57-32-12-8-13-33-57)58-34-14-9-15-35-58/h7-53H,1-6H3. The summed E-state index contributed by atoms with van der Waals surface area (Å²) in [4.78, 5) is 2.56. The van der Waals surface area contributed by atoms with Crippen molar-refractivity contribution in [1.29, 1.82) is 0 Å². The molecule has 1 heteroatoms. The predicted octanol–water partition coefficient (Wildman–Crippen LogP) is 21.6. The Kier molecular flexibility index (Phi) is 12.7. The summed E-state index contributed by atoms with van der Waals surface area (Å²) < 4.78 is 0. The third-order valence-electron chi connectivity index (χ3n) is 16.7. The van der Waals surface area contributed by atoms with Gasteiger partial charge in [0.25, 0.3) is 0 Å². The highest BCUT2D eigenvalue weighted by atomic mass is 15.1. The van der Waals surface area contributed by atoms with Gasteiger partial charge >= 0.3 is 0 Å². The van der Waals surface area contributed by atoms with Crippen LogP contribution >= 0.6 is 0 Å². The second-order valence-electron chi connectivity index (χ2n) is 23.6. The first-order valence-electron chi connectivity index (χ1n) is 28.2. The Morgan fingerprint density at radius 1 is 0.275 bits per heavy atom. The van der Waals surface area contributed by atoms with Gasteiger partial charge in [-0.2, -0.15) is 0 Å². The summed E-state index contributed by atoms with van der Waals surface area (Å²) in [5, 5.41) is 2.44. The van der Waals surface area contributed by atoms with Crippen LogP contribution in [0.25, 0.3) is 77.5 Å². The molecule has 0 aromatic heterocycles. The van der Waals surface area contributed by atoms with Crippen LogP contribution in [0.15, 0.2) is 285 Å². The number of nitrogens with zero attached hydrogens (tertiary/aromatic N) is 1. The maximum Gasteiger partial charge on any atom is 0.0714 e. The Balaban J connectivity index is 1.10. The SMILES string of the molecule is CC(C)(C)c1cc(-c2cccc3cccc(-c4ccccc4N(c4ccc5c(c4)C(c4ccccc4)(c4ccccc4)c4ccccc4-5)c4ccccc4-c4ccccc4-c4ccccc4-c4ccccc4)c23)cc(C(C)(C)C)c1. The van der Waals surface area contributed by atoms with E-state index in [4.69, 9.17) is 0 Å². The fourth-order valence-electron chi connectivity index (χ4n) is 12.8. The molecule has 0 N–H and O–H groups in total. The molecule has 1 nitrogen and oxygen atoms in total. The van der Waals surface area contributed by atoms with Gasteiger partial charge in [-0.25, -0.2) is 0 Å². The third kappa shape index (κ3) is 8.66. The second kappa shape index (κ2) is 20.2. The lowest BCUT2D eigenvalue weighted by atomic mass is 9.67. The monoisotopic (exact) mass is 1030 g/mol. The van der Waals surface area contributed by atoms with E-state index in [0.717, 1.165) is 33.8 Å². The van der Waals surface area contributed by atoms with Gasteiger partial charge in [0.1, 0.15) is 0 Å². The van der Waals surface area contributed by atoms with Crippen molar-refractivity contribution in [3.05, 3.63) is 318 Å². The first-order valence-corrected chi connectivity index (χ1v) is 28.2. The van der Waals surface area contributed by atoms with Gasteiger partial charge in [-0.1, -0.05) is 302 Å². The second-order valence-corrected chi connectivity index (χ2v) is 23.6. The lowest BCUT2D eigenvalue weighted by Gasteiger charge is -2.35. The van der Waals surface area contributed by atoms with Crippen molar-refractivity contribution >= 4 is 27.8 Å². The molecule has 1 aliphatic rings. The molecule has 386 valence electrons. The number of fused-ring (bicyclic) bond motifs is 4. The van der Waals surface area contributed by atoms with Gasteiger partial charge in [0.15, 0.2) is 0 Å². The minimum atomic E-state index is -0.596. The molecule has 0 atom stereocenters. The van der Waals surface area contributed by atoms with Crippen LogP contribution in [0, 0.1) is 0 Å². The first-order chi connectivity index (χ1) is 39.0. The van der Waals surface area contributed by atoms with Crippen molar-refractivity contribution in [2.24, 2.45) is 0 Å². The molecule has 13 rings (SSSR count). The number of anilines is 3. The average Bonchev–Trinajstić information content (AvgIpc) is 3.96. The van der Waals surface area contributed by atoms with Crippen molar-refractivity contribution in [1.82, 2.24) is 0 Å². The van der Waals surface area contributed by atoms with Crippen molar-refractivity contribution < 1.29 is 0 Å². The van der Waals surface area contributed by atoms with Crippen LogP contribution in [0.2, 0.25) is 0 Å². The van der Waals surface area contributed by atoms with Gasteiger partial charge in [0, 0.05) is 16.8 Å². The van der Waals surface area contributed by atoms with Gasteiger partial charge in [-0.05, 0) is 135 Å². The van der Waals surface area contributed by atoms with E-state index < -0.39 is 5.41 Å². The van der Waals surface area contributed by atoms with Crippen molar-refractivity contribution in [3.8, 4) is 66.8 Å². The molecule has 0 aliphatic heterocycles. The van der Waals surface area contributed by atoms with Gasteiger partial charge in [-0.15, -0.1) is 0 Å². The van der Waals surface area contributed by atoms with E-state index in [-0.39, 0.29) is 10.8 Å². The molecule has 0 radical (unpaired) electrons. The van der Waals surface area contributed by atoms with Crippen LogP contribution in [0.4, 0.5) is 17.1 Å². The molecular weight excluding hydrogens is 963 g/mol. The first kappa shape index (κ1) is 50.2. The number of hydrogen-bond acceptors (Lipinski definition) is 1. The molecule has 0 fully saturated rings. The van der Waals surface area contributed by atoms with E-state index in [1.54, 1.807) is 0 Å². The molecule has 1 aliphatic carbocycles. The van der Waals surface area contributed by atoms with E-state index in [1.165, 1.54) is 94.2 Å². The molecule has 0 bridgehead atoms. The van der Waals surface area contributed by atoms with Crippen LogP contribution in [-0.2, 0) is 16.2 Å². The predicted molar refractivity (Wildman–Crippen MR) is 341 cm³/mol. The summed E-state index contributed by atoms with van der Waals surface area (Å²) >= 11 is 0. The van der Waals surface area contributed by atoms with E-state index in [1.807, 2.05) is 0 Å². The molecule has 0 saturated carbocycles. The minimum Gasteiger partial charge on any atom is -0.309 e. The fraction of sp³-hybridized carbons (Fsp3) is 0.114. The Labute approximate surface area is 473 Å². The molecule has 80 heavy (non-hydrogen) atoms. The Morgan fingerprint density at radius 3 is 1.25 bits per heavy atom. The highest BCUT2D eigenvalue weighted by Crippen LogP contribution is 2.58. The maximum atomic E-state index is 2.56. The van der Waals surface area contributed by atoms with Gasteiger partial charge in [0.05, 0.1) is 16.8 Å². The fourth-order valence-corrected chi connectivity index (χ4v) is 12.8. The number of rotatable bonds is 10. The van der Waals surface area contributed by atoms with E-state index in [2.05, 4.69) is 332 Å². The smallest absolute Gasteiger partial charge is 0.0714 e. The molecular formula is C79H65N. The number of hydrogen-bond donors (Lipinski definition) is 0. The van der Waals surface area contributed by atoms with Crippen molar-refractivity contribution in [2.75, 3.05) is 4.90 Å². The van der Waals surface area contributed by atoms with Crippen LogP contribution in [0.1, 0.15) is 74.9 Å². The number of benzene rings is 12. The molecule has 12 aromatic carbocycles. The molecule has 12 aromatic rings. The van der Waals surface area contributed by atoms with E-state index in [0.29, 0.717) is 0 Å². The van der Waals surface area contributed by atoms with Crippen LogP contribution in [-0.4, -0.2) is 0 Å². The molecule has 0 heterocycles. The maximum absolute atomic E-state index is 2.56. The highest BCUT2D eigenvalue weighted by Gasteiger charge is 2.46. The lowest BCUT2D eigenvalue weighted by Crippen LogP contribution is -2.28. The van der Waals surface area contributed by atoms with Crippen LogP contribution in [0.3, 0.4) is 0 Å². The Bertz CT molecular complexity index is 4170. The zero-order chi connectivity index (χ0) is 54.6. The zero-order valence-corrected chi connectivity index (χ0v) is 46.6. The Hall–Kier alpha value is -9.30. The minimum absolute atomic E-state index is 0.0397. The number of para-hydroxylation sites is 2. The van der Waals surface area contributed by atoms with E-state index in [9.17, 15) is 0 Å². The topological polar surface area (TPSA) is 3.24 Å². The normalized spacial score (nSPS) is 12.7. The van der Waals surface area contributed by atoms with Crippen LogP contribution < -0.4 is 4.90 Å². The summed E-state index contributed by atoms with van der Waals surface area (Å²) in [6.07, 6.45) is 0. The molecule has 0 unspecified atom stereocenters. The van der Waals surface area contributed by atoms with Gasteiger partial charge in [-0.3, -0.25) is 0 Å². The largest absolute Gasteiger partial charge is 0.309 e. The summed E-state index contributed by atoms with van der Waals surface area (Å²) in [6.45, 7) is 14.0. The third-order valence-corrected chi connectivity index (χ3v) is 16.7. The van der Waals surface area contributed by atoms with Crippen molar-refractivity contribution in [3.63, 3.8) is 0 Å². The van der Waals surface area contributed by atoms with E-state index >= 15 is 0 Å². The molecule has 0 saturated heterocycles. The quantitative estimate of drug-likeness (QED) is 0.132. The van der Waals surface area contributed by atoms with Crippen molar-refractivity contribution in [2.45, 2.75) is 57.8 Å². The average molecular weight is 1030 g/mol. The van der Waals surface area contributed by atoms with Gasteiger partial charge in [0.2, 0.25) is 0 Å². The van der Waals surface area contributed by atoms with Gasteiger partial charge < -0.3 is 4.90 Å². The summed E-state index contributed by atoms with van der Waals surface area (Å²) in [5.74, 6) is 0. The summed E-state index contributed by atoms with van der Waals surface area (Å²) in [6, 6.07) is 106. The van der Waals surface area contributed by atoms with Crippen LogP contribution in [0.5, 0.6) is 0 Å². The molecule has 0 amide bonds. The summed E-state index contributed by atoms with van der Waals surface area (Å²) in [5.41, 5.74) is 24.6. The Morgan fingerprint density at radius 2 is 0.688 bits per heavy atom.